The van der Waals surface area contributed by atoms with E-state index in [0.29, 0.717) is 31.1 Å². The summed E-state index contributed by atoms with van der Waals surface area (Å²) < 4.78 is 27.7. The van der Waals surface area contributed by atoms with Crippen molar-refractivity contribution in [3.8, 4) is 0 Å². The van der Waals surface area contributed by atoms with Crippen molar-refractivity contribution in [3.05, 3.63) is 72.8 Å². The summed E-state index contributed by atoms with van der Waals surface area (Å²) in [6, 6.07) is 22.8. The Balaban J connectivity index is 1.41. The molecular weight excluding hydrogens is 416 g/mol. The summed E-state index contributed by atoms with van der Waals surface area (Å²) in [6.45, 7) is 3.34. The summed E-state index contributed by atoms with van der Waals surface area (Å²) in [5, 5.41) is 1.70. The smallest absolute Gasteiger partial charge is 0.243 e. The molecule has 3 aromatic carbocycles. The van der Waals surface area contributed by atoms with E-state index >= 15 is 0 Å². The van der Waals surface area contributed by atoms with Crippen LogP contribution in [0.1, 0.15) is 6.92 Å². The Hall–Kier alpha value is -2.35. The number of carbonyl (C=O) groups is 1. The van der Waals surface area contributed by atoms with Crippen LogP contribution >= 0.6 is 11.8 Å². The van der Waals surface area contributed by atoms with E-state index in [9.17, 15) is 13.2 Å². The maximum atomic E-state index is 13.1. The molecule has 1 amide bonds. The lowest BCUT2D eigenvalue weighted by Crippen LogP contribution is -2.52. The number of carbonyl (C=O) groups excluding carboxylic acids is 1. The van der Waals surface area contributed by atoms with Gasteiger partial charge in [0.1, 0.15) is 0 Å². The van der Waals surface area contributed by atoms with Gasteiger partial charge in [-0.3, -0.25) is 4.79 Å². The minimum absolute atomic E-state index is 0.0478. The second-order valence-corrected chi connectivity index (χ2v) is 10.7. The molecule has 1 atom stereocenters. The normalized spacial score (nSPS) is 16.5. The largest absolute Gasteiger partial charge is 0.339 e. The molecule has 1 heterocycles. The first-order chi connectivity index (χ1) is 14.4. The van der Waals surface area contributed by atoms with Gasteiger partial charge < -0.3 is 4.90 Å². The number of sulfonamides is 1. The number of benzene rings is 3. The number of thioether (sulfide) groups is 1. The van der Waals surface area contributed by atoms with E-state index in [4.69, 9.17) is 0 Å². The number of amides is 1. The lowest BCUT2D eigenvalue weighted by molar-refractivity contribution is -0.131. The number of fused-ring (bicyclic) bond motifs is 1. The van der Waals surface area contributed by atoms with Crippen molar-refractivity contribution in [2.24, 2.45) is 0 Å². The minimum Gasteiger partial charge on any atom is -0.339 e. The Kier molecular flexibility index (Phi) is 6.13. The van der Waals surface area contributed by atoms with E-state index in [0.717, 1.165) is 15.7 Å². The van der Waals surface area contributed by atoms with Crippen LogP contribution in [-0.2, 0) is 14.8 Å². The fourth-order valence-corrected chi connectivity index (χ4v) is 6.07. The van der Waals surface area contributed by atoms with E-state index < -0.39 is 10.0 Å². The van der Waals surface area contributed by atoms with Gasteiger partial charge in [0.2, 0.25) is 15.9 Å². The fraction of sp³-hybridized carbons (Fsp3) is 0.261. The third-order valence-electron chi connectivity index (χ3n) is 5.31. The van der Waals surface area contributed by atoms with Crippen molar-refractivity contribution in [3.63, 3.8) is 0 Å². The molecular formula is C23H24N2O3S2. The molecule has 0 N–H and O–H groups in total. The van der Waals surface area contributed by atoms with Crippen LogP contribution in [0.3, 0.4) is 0 Å². The Labute approximate surface area is 181 Å². The number of rotatable bonds is 5. The predicted octanol–water partition coefficient (Wildman–Crippen LogP) is 3.85. The van der Waals surface area contributed by atoms with Gasteiger partial charge in [-0.05, 0) is 42.0 Å². The molecule has 1 saturated heterocycles. The third kappa shape index (κ3) is 4.38. The summed E-state index contributed by atoms with van der Waals surface area (Å²) >= 11 is 1.53. The van der Waals surface area contributed by atoms with E-state index in [1.54, 1.807) is 17.0 Å². The highest BCUT2D eigenvalue weighted by molar-refractivity contribution is 8.00. The summed E-state index contributed by atoms with van der Waals surface area (Å²) in [5.74, 6) is 0.0478. The van der Waals surface area contributed by atoms with E-state index in [1.807, 2.05) is 67.6 Å². The molecule has 0 aromatic heterocycles. The highest BCUT2D eigenvalue weighted by Crippen LogP contribution is 2.26. The average molecular weight is 441 g/mol. The Morgan fingerprint density at radius 3 is 2.20 bits per heavy atom. The number of hydrogen-bond acceptors (Lipinski definition) is 4. The van der Waals surface area contributed by atoms with Gasteiger partial charge in [0.15, 0.2) is 0 Å². The topological polar surface area (TPSA) is 57.7 Å². The zero-order valence-electron chi connectivity index (χ0n) is 16.8. The van der Waals surface area contributed by atoms with Crippen LogP contribution in [0.2, 0.25) is 0 Å². The van der Waals surface area contributed by atoms with Crippen molar-refractivity contribution in [1.29, 1.82) is 0 Å². The molecule has 30 heavy (non-hydrogen) atoms. The maximum Gasteiger partial charge on any atom is 0.243 e. The highest BCUT2D eigenvalue weighted by Gasteiger charge is 2.31. The number of nitrogens with zero attached hydrogens (tertiary/aromatic N) is 2. The summed E-state index contributed by atoms with van der Waals surface area (Å²) in [4.78, 5) is 15.9. The van der Waals surface area contributed by atoms with Crippen LogP contribution in [0, 0.1) is 0 Å². The molecule has 156 valence electrons. The van der Waals surface area contributed by atoms with Gasteiger partial charge in [-0.2, -0.15) is 4.31 Å². The van der Waals surface area contributed by atoms with Crippen LogP contribution in [0.4, 0.5) is 0 Å². The van der Waals surface area contributed by atoms with E-state index in [2.05, 4.69) is 0 Å². The first-order valence-corrected chi connectivity index (χ1v) is 12.3. The van der Waals surface area contributed by atoms with Crippen molar-refractivity contribution < 1.29 is 13.2 Å². The first-order valence-electron chi connectivity index (χ1n) is 9.94. The highest BCUT2D eigenvalue weighted by atomic mass is 32.2. The molecule has 0 saturated carbocycles. The van der Waals surface area contributed by atoms with Gasteiger partial charge >= 0.3 is 0 Å². The molecule has 3 aromatic rings. The molecule has 1 aliphatic heterocycles. The Morgan fingerprint density at radius 1 is 0.867 bits per heavy atom. The Bertz CT molecular complexity index is 1140. The average Bonchev–Trinajstić information content (AvgIpc) is 2.79. The van der Waals surface area contributed by atoms with Gasteiger partial charge in [0.05, 0.1) is 10.1 Å². The molecule has 1 fully saturated rings. The molecule has 0 spiro atoms. The summed E-state index contributed by atoms with van der Waals surface area (Å²) in [7, 11) is -3.58. The van der Waals surface area contributed by atoms with Crippen LogP contribution in [-0.4, -0.2) is 55.0 Å². The van der Waals surface area contributed by atoms with Gasteiger partial charge in [0.25, 0.3) is 0 Å². The van der Waals surface area contributed by atoms with Crippen molar-refractivity contribution in [2.75, 3.05) is 26.2 Å². The maximum absolute atomic E-state index is 13.1. The van der Waals surface area contributed by atoms with Crippen LogP contribution in [0.5, 0.6) is 0 Å². The van der Waals surface area contributed by atoms with Crippen LogP contribution in [0.25, 0.3) is 10.8 Å². The van der Waals surface area contributed by atoms with Gasteiger partial charge in [-0.25, -0.2) is 8.42 Å². The molecule has 0 aliphatic carbocycles. The molecule has 5 nitrogen and oxygen atoms in total. The fourth-order valence-electron chi connectivity index (χ4n) is 3.64. The van der Waals surface area contributed by atoms with Crippen LogP contribution < -0.4 is 0 Å². The monoisotopic (exact) mass is 440 g/mol. The Morgan fingerprint density at radius 2 is 1.50 bits per heavy atom. The SMILES string of the molecule is CC(Sc1ccccc1)C(=O)N1CCN(S(=O)(=O)c2ccc3ccccc3c2)CC1. The standard InChI is InChI=1S/C23H24N2O3S2/c1-18(29-21-9-3-2-4-10-21)23(26)24-13-15-25(16-14-24)30(27,28)22-12-11-19-7-5-6-8-20(19)17-22/h2-12,17-18H,13-16H2,1H3. The summed E-state index contributed by atoms with van der Waals surface area (Å²) in [6.07, 6.45) is 0. The number of piperazine rings is 1. The lowest BCUT2D eigenvalue weighted by Gasteiger charge is -2.35. The van der Waals surface area contributed by atoms with E-state index in [1.165, 1.54) is 16.1 Å². The molecule has 0 bridgehead atoms. The summed E-state index contributed by atoms with van der Waals surface area (Å²) in [5.41, 5.74) is 0. The zero-order valence-corrected chi connectivity index (χ0v) is 18.4. The third-order valence-corrected chi connectivity index (χ3v) is 8.31. The van der Waals surface area contributed by atoms with Gasteiger partial charge in [-0.1, -0.05) is 48.5 Å². The van der Waals surface area contributed by atoms with E-state index in [-0.39, 0.29) is 11.2 Å². The first kappa shape index (κ1) is 20.9. The second kappa shape index (κ2) is 8.79. The van der Waals surface area contributed by atoms with Crippen molar-refractivity contribution in [1.82, 2.24) is 9.21 Å². The molecule has 0 radical (unpaired) electrons. The van der Waals surface area contributed by atoms with Crippen molar-refractivity contribution >= 4 is 38.5 Å². The molecule has 7 heteroatoms. The quantitative estimate of drug-likeness (QED) is 0.566. The molecule has 1 unspecified atom stereocenters. The van der Waals surface area contributed by atoms with Gasteiger partial charge in [0, 0.05) is 31.1 Å². The lowest BCUT2D eigenvalue weighted by atomic mass is 10.1. The predicted molar refractivity (Wildman–Crippen MR) is 121 cm³/mol. The zero-order chi connectivity index (χ0) is 21.1. The number of hydrogen-bond donors (Lipinski definition) is 0. The molecule has 4 rings (SSSR count). The minimum atomic E-state index is -3.58. The van der Waals surface area contributed by atoms with Gasteiger partial charge in [-0.15, -0.1) is 11.8 Å². The molecule has 1 aliphatic rings. The van der Waals surface area contributed by atoms with Crippen molar-refractivity contribution in [2.45, 2.75) is 22.0 Å². The van der Waals surface area contributed by atoms with Crippen LogP contribution in [0.15, 0.2) is 82.6 Å². The second-order valence-electron chi connectivity index (χ2n) is 7.31.